The smallest absolute Gasteiger partial charge is 0.338 e. The van der Waals surface area contributed by atoms with Crippen LogP contribution in [0.1, 0.15) is 43.0 Å². The number of hydrogen-bond acceptors (Lipinski definition) is 7. The minimum absolute atomic E-state index is 0.242. The quantitative estimate of drug-likeness (QED) is 0.667. The lowest BCUT2D eigenvalue weighted by Crippen LogP contribution is -2.08. The van der Waals surface area contributed by atoms with Crippen molar-refractivity contribution in [3.8, 4) is 11.5 Å². The fourth-order valence-electron chi connectivity index (χ4n) is 2.78. The summed E-state index contributed by atoms with van der Waals surface area (Å²) in [5.41, 5.74) is 2.09. The number of carbonyl (C=O) groups excluding carboxylic acids is 1. The van der Waals surface area contributed by atoms with Crippen molar-refractivity contribution in [3.05, 3.63) is 48.2 Å². The molecule has 27 heavy (non-hydrogen) atoms. The summed E-state index contributed by atoms with van der Waals surface area (Å²) in [4.78, 5) is 29.0. The first-order valence-electron chi connectivity index (χ1n) is 8.77. The van der Waals surface area contributed by atoms with Crippen molar-refractivity contribution in [1.29, 1.82) is 0 Å². The zero-order valence-corrected chi connectivity index (χ0v) is 15.8. The van der Waals surface area contributed by atoms with Crippen LogP contribution < -0.4 is 5.32 Å². The summed E-state index contributed by atoms with van der Waals surface area (Å²) in [6, 6.07) is 7.18. The number of rotatable bonds is 6. The first-order valence-corrected chi connectivity index (χ1v) is 8.77. The monoisotopic (exact) mass is 366 g/mol. The van der Waals surface area contributed by atoms with E-state index in [9.17, 15) is 4.79 Å². The number of aryl methyl sites for hydroxylation is 1. The van der Waals surface area contributed by atoms with Gasteiger partial charge in [0.25, 0.3) is 0 Å². The molecular weight excluding hydrogens is 344 g/mol. The van der Waals surface area contributed by atoms with Gasteiger partial charge in [0.05, 0.1) is 18.4 Å². The fourth-order valence-corrected chi connectivity index (χ4v) is 2.78. The van der Waals surface area contributed by atoms with Crippen LogP contribution in [0.3, 0.4) is 0 Å². The molecule has 0 unspecified atom stereocenters. The molecule has 0 bridgehead atoms. The van der Waals surface area contributed by atoms with E-state index in [2.05, 4.69) is 43.7 Å². The molecule has 0 radical (unpaired) electrons. The average Bonchev–Trinajstić information content (AvgIpc) is 3.04. The largest absolute Gasteiger partial charge is 0.462 e. The Morgan fingerprint density at radius 3 is 2.59 bits per heavy atom. The number of anilines is 2. The van der Waals surface area contributed by atoms with Crippen LogP contribution >= 0.6 is 0 Å². The third-order valence-corrected chi connectivity index (χ3v) is 3.95. The molecular formula is C19H22N6O2. The number of hydrogen-bond donors (Lipinski definition) is 1. The van der Waals surface area contributed by atoms with E-state index in [1.165, 1.54) is 6.33 Å². The van der Waals surface area contributed by atoms with E-state index in [1.54, 1.807) is 37.4 Å². The molecule has 0 amide bonds. The highest BCUT2D eigenvalue weighted by atomic mass is 16.5. The summed E-state index contributed by atoms with van der Waals surface area (Å²) in [6.45, 7) is 8.25. The molecule has 1 N–H and O–H groups in total. The maximum atomic E-state index is 11.7. The lowest BCUT2D eigenvalue weighted by atomic mass is 10.2. The highest BCUT2D eigenvalue weighted by Crippen LogP contribution is 2.22. The molecule has 2 aromatic heterocycles. The van der Waals surface area contributed by atoms with Gasteiger partial charge in [-0.1, -0.05) is 0 Å². The van der Waals surface area contributed by atoms with Crippen LogP contribution in [0, 0.1) is 6.92 Å². The molecule has 0 atom stereocenters. The third kappa shape index (κ3) is 4.11. The number of aromatic nitrogens is 5. The average molecular weight is 366 g/mol. The second-order valence-corrected chi connectivity index (χ2v) is 6.21. The van der Waals surface area contributed by atoms with Crippen molar-refractivity contribution in [2.45, 2.75) is 33.7 Å². The SMILES string of the molecule is CCOC(=O)c1ccc(Nc2ncnc(-c3cnc(C)n3C(C)C)n2)cc1. The van der Waals surface area contributed by atoms with Gasteiger partial charge in [0.1, 0.15) is 17.8 Å². The summed E-state index contributed by atoms with van der Waals surface area (Å²) < 4.78 is 7.06. The van der Waals surface area contributed by atoms with Gasteiger partial charge in [-0.15, -0.1) is 0 Å². The number of ether oxygens (including phenoxy) is 1. The summed E-state index contributed by atoms with van der Waals surface area (Å²) in [7, 11) is 0. The maximum Gasteiger partial charge on any atom is 0.338 e. The van der Waals surface area contributed by atoms with E-state index in [0.717, 1.165) is 17.2 Å². The Kier molecular flexibility index (Phi) is 5.44. The molecule has 0 aliphatic heterocycles. The number of nitrogens with zero attached hydrogens (tertiary/aromatic N) is 5. The van der Waals surface area contributed by atoms with E-state index < -0.39 is 0 Å². The summed E-state index contributed by atoms with van der Waals surface area (Å²) in [5, 5.41) is 3.12. The Balaban J connectivity index is 1.82. The molecule has 8 nitrogen and oxygen atoms in total. The van der Waals surface area contributed by atoms with Gasteiger partial charge < -0.3 is 14.6 Å². The number of imidazole rings is 1. The van der Waals surface area contributed by atoms with Crippen LogP contribution in [-0.2, 0) is 4.74 Å². The predicted octanol–water partition coefficient (Wildman–Crippen LogP) is 3.54. The summed E-state index contributed by atoms with van der Waals surface area (Å²) in [5.74, 6) is 1.52. The number of benzene rings is 1. The van der Waals surface area contributed by atoms with Gasteiger partial charge >= 0.3 is 5.97 Å². The minimum atomic E-state index is -0.344. The second kappa shape index (κ2) is 7.94. The van der Waals surface area contributed by atoms with E-state index in [1.807, 2.05) is 6.92 Å². The maximum absolute atomic E-state index is 11.7. The molecule has 140 valence electrons. The molecule has 0 aliphatic carbocycles. The second-order valence-electron chi connectivity index (χ2n) is 6.21. The minimum Gasteiger partial charge on any atom is -0.462 e. The highest BCUT2D eigenvalue weighted by molar-refractivity contribution is 5.89. The Morgan fingerprint density at radius 1 is 1.19 bits per heavy atom. The molecule has 3 aromatic rings. The van der Waals surface area contributed by atoms with Crippen LogP contribution in [0.15, 0.2) is 36.8 Å². The van der Waals surface area contributed by atoms with Crippen LogP contribution in [-0.4, -0.2) is 37.1 Å². The fraction of sp³-hybridized carbons (Fsp3) is 0.316. The van der Waals surface area contributed by atoms with Crippen LogP contribution in [0.25, 0.3) is 11.5 Å². The first-order chi connectivity index (χ1) is 13.0. The lowest BCUT2D eigenvalue weighted by Gasteiger charge is -2.13. The van der Waals surface area contributed by atoms with Crippen molar-refractivity contribution in [3.63, 3.8) is 0 Å². The summed E-state index contributed by atoms with van der Waals surface area (Å²) >= 11 is 0. The molecule has 0 fully saturated rings. The third-order valence-electron chi connectivity index (χ3n) is 3.95. The van der Waals surface area contributed by atoms with Crippen molar-refractivity contribution in [1.82, 2.24) is 24.5 Å². The van der Waals surface area contributed by atoms with Crippen molar-refractivity contribution in [2.75, 3.05) is 11.9 Å². The van der Waals surface area contributed by atoms with Crippen molar-refractivity contribution in [2.24, 2.45) is 0 Å². The zero-order valence-electron chi connectivity index (χ0n) is 15.8. The molecule has 0 saturated carbocycles. The van der Waals surface area contributed by atoms with Gasteiger partial charge in [-0.05, 0) is 52.0 Å². The summed E-state index contributed by atoms with van der Waals surface area (Å²) in [6.07, 6.45) is 3.23. The molecule has 0 spiro atoms. The molecule has 0 saturated heterocycles. The Morgan fingerprint density at radius 2 is 1.93 bits per heavy atom. The van der Waals surface area contributed by atoms with Gasteiger partial charge in [-0.25, -0.2) is 19.7 Å². The molecule has 1 aromatic carbocycles. The van der Waals surface area contributed by atoms with E-state index in [4.69, 9.17) is 4.74 Å². The topological polar surface area (TPSA) is 94.8 Å². The highest BCUT2D eigenvalue weighted by Gasteiger charge is 2.15. The normalized spacial score (nSPS) is 10.9. The Labute approximate surface area is 157 Å². The molecule has 0 aliphatic rings. The standard InChI is InChI=1S/C19H22N6O2/c1-5-27-18(26)14-6-8-15(9-7-14)23-19-22-11-21-17(24-19)16-10-20-13(4)25(16)12(2)3/h6-12H,5H2,1-4H3,(H,21,22,23,24). The Bertz CT molecular complexity index is 934. The molecule has 3 rings (SSSR count). The predicted molar refractivity (Wildman–Crippen MR) is 102 cm³/mol. The van der Waals surface area contributed by atoms with E-state index in [0.29, 0.717) is 23.9 Å². The van der Waals surface area contributed by atoms with Crippen LogP contribution in [0.4, 0.5) is 11.6 Å². The number of esters is 1. The van der Waals surface area contributed by atoms with E-state index in [-0.39, 0.29) is 12.0 Å². The van der Waals surface area contributed by atoms with Gasteiger partial charge in [0, 0.05) is 11.7 Å². The van der Waals surface area contributed by atoms with Gasteiger partial charge in [-0.3, -0.25) is 0 Å². The van der Waals surface area contributed by atoms with Crippen LogP contribution in [0.2, 0.25) is 0 Å². The van der Waals surface area contributed by atoms with Crippen molar-refractivity contribution >= 4 is 17.6 Å². The zero-order chi connectivity index (χ0) is 19.4. The van der Waals surface area contributed by atoms with Gasteiger partial charge in [0.15, 0.2) is 5.82 Å². The molecule has 8 heteroatoms. The van der Waals surface area contributed by atoms with Crippen molar-refractivity contribution < 1.29 is 9.53 Å². The van der Waals surface area contributed by atoms with E-state index >= 15 is 0 Å². The lowest BCUT2D eigenvalue weighted by molar-refractivity contribution is 0.0526. The van der Waals surface area contributed by atoms with Gasteiger partial charge in [-0.2, -0.15) is 4.98 Å². The first kappa shape index (κ1) is 18.5. The Hall–Kier alpha value is -3.29. The van der Waals surface area contributed by atoms with Crippen LogP contribution in [0.5, 0.6) is 0 Å². The molecule has 2 heterocycles. The number of carbonyl (C=O) groups is 1. The van der Waals surface area contributed by atoms with Gasteiger partial charge in [0.2, 0.25) is 5.95 Å². The number of nitrogens with one attached hydrogen (secondary N) is 1.